The Hall–Kier alpha value is -2.27. The summed E-state index contributed by atoms with van der Waals surface area (Å²) in [6.45, 7) is 1.52. The van der Waals surface area contributed by atoms with E-state index in [1.165, 1.54) is 12.1 Å². The van der Waals surface area contributed by atoms with Gasteiger partial charge in [-0.3, -0.25) is 4.79 Å². The first-order valence-corrected chi connectivity index (χ1v) is 8.60. The van der Waals surface area contributed by atoms with Crippen molar-refractivity contribution in [1.29, 1.82) is 0 Å². The van der Waals surface area contributed by atoms with Crippen molar-refractivity contribution in [3.63, 3.8) is 0 Å². The molecule has 4 nitrogen and oxygen atoms in total. The summed E-state index contributed by atoms with van der Waals surface area (Å²) in [5.74, 6) is 1.21. The first kappa shape index (κ1) is 16.2. The van der Waals surface area contributed by atoms with Gasteiger partial charge in [-0.05, 0) is 36.2 Å². The quantitative estimate of drug-likeness (QED) is 0.835. The molecule has 4 rings (SSSR count). The van der Waals surface area contributed by atoms with Crippen molar-refractivity contribution in [2.45, 2.75) is 18.8 Å². The summed E-state index contributed by atoms with van der Waals surface area (Å²) in [6, 6.07) is 10.4. The summed E-state index contributed by atoms with van der Waals surface area (Å²) in [7, 11) is 0. The fraction of sp³-hybridized carbons (Fsp3) is 0.316. The van der Waals surface area contributed by atoms with Crippen LogP contribution in [0.5, 0.6) is 11.5 Å². The number of fused-ring (bicyclic) bond motifs is 1. The average molecular weight is 362 g/mol. The molecule has 0 aliphatic carbocycles. The highest BCUT2D eigenvalue weighted by atomic mass is 35.5. The van der Waals surface area contributed by atoms with Crippen molar-refractivity contribution in [2.24, 2.45) is 0 Å². The maximum absolute atomic E-state index is 13.9. The average Bonchev–Trinajstić information content (AvgIpc) is 3.26. The number of benzene rings is 2. The number of halogens is 2. The second-order valence-electron chi connectivity index (χ2n) is 6.32. The molecule has 1 saturated heterocycles. The summed E-state index contributed by atoms with van der Waals surface area (Å²) in [4.78, 5) is 14.3. The normalized spacial score (nSPS) is 18.6. The molecule has 2 heterocycles. The number of rotatable bonds is 3. The molecule has 2 aromatic carbocycles. The highest BCUT2D eigenvalue weighted by Gasteiger charge is 2.29. The lowest BCUT2D eigenvalue weighted by molar-refractivity contribution is -0.129. The molecule has 0 spiro atoms. The van der Waals surface area contributed by atoms with Gasteiger partial charge in [0.25, 0.3) is 0 Å². The SMILES string of the molecule is O=C(Cc1c(F)cccc1Cl)N1CC[C@H](c2ccc3c(c2)OCO3)C1. The Morgan fingerprint density at radius 2 is 2.08 bits per heavy atom. The maximum Gasteiger partial charge on any atom is 0.231 e. The van der Waals surface area contributed by atoms with Crippen molar-refractivity contribution in [1.82, 2.24) is 4.90 Å². The van der Waals surface area contributed by atoms with E-state index in [1.54, 1.807) is 11.0 Å². The molecule has 0 unspecified atom stereocenters. The van der Waals surface area contributed by atoms with Crippen LogP contribution in [0.25, 0.3) is 0 Å². The molecule has 130 valence electrons. The van der Waals surface area contributed by atoms with E-state index in [2.05, 4.69) is 0 Å². The van der Waals surface area contributed by atoms with Crippen LogP contribution in [0.15, 0.2) is 36.4 Å². The van der Waals surface area contributed by atoms with Gasteiger partial charge >= 0.3 is 0 Å². The first-order valence-electron chi connectivity index (χ1n) is 8.22. The van der Waals surface area contributed by atoms with Crippen molar-refractivity contribution in [3.05, 3.63) is 58.4 Å². The van der Waals surface area contributed by atoms with E-state index in [0.29, 0.717) is 18.1 Å². The Bertz CT molecular complexity index is 806. The van der Waals surface area contributed by atoms with Gasteiger partial charge in [0.05, 0.1) is 6.42 Å². The van der Waals surface area contributed by atoms with Crippen molar-refractivity contribution < 1.29 is 18.7 Å². The number of nitrogens with zero attached hydrogens (tertiary/aromatic N) is 1. The van der Waals surface area contributed by atoms with Crippen LogP contribution >= 0.6 is 11.6 Å². The third kappa shape index (κ3) is 3.16. The second kappa shape index (κ2) is 6.56. The Labute approximate surface area is 150 Å². The largest absolute Gasteiger partial charge is 0.454 e. The third-order valence-electron chi connectivity index (χ3n) is 4.80. The summed E-state index contributed by atoms with van der Waals surface area (Å²) in [6.07, 6.45) is 0.857. The molecule has 25 heavy (non-hydrogen) atoms. The molecule has 2 aliphatic heterocycles. The third-order valence-corrected chi connectivity index (χ3v) is 5.15. The van der Waals surface area contributed by atoms with Crippen LogP contribution in [0.1, 0.15) is 23.5 Å². The minimum absolute atomic E-state index is 0.0145. The highest BCUT2D eigenvalue weighted by molar-refractivity contribution is 6.31. The van der Waals surface area contributed by atoms with Crippen LogP contribution in [0.2, 0.25) is 5.02 Å². The molecule has 2 aliphatic rings. The molecule has 0 N–H and O–H groups in total. The number of hydrogen-bond donors (Lipinski definition) is 0. The predicted octanol–water partition coefficient (Wildman–Crippen LogP) is 3.77. The van der Waals surface area contributed by atoms with Crippen LogP contribution in [0.4, 0.5) is 4.39 Å². The van der Waals surface area contributed by atoms with E-state index < -0.39 is 5.82 Å². The number of hydrogen-bond acceptors (Lipinski definition) is 3. The molecule has 2 aromatic rings. The number of likely N-dealkylation sites (tertiary alicyclic amines) is 1. The van der Waals surface area contributed by atoms with Crippen LogP contribution in [-0.2, 0) is 11.2 Å². The minimum atomic E-state index is -0.438. The molecule has 1 atom stereocenters. The molecular weight excluding hydrogens is 345 g/mol. The molecule has 6 heteroatoms. The van der Waals surface area contributed by atoms with Crippen LogP contribution in [-0.4, -0.2) is 30.7 Å². The highest BCUT2D eigenvalue weighted by Crippen LogP contribution is 2.37. The van der Waals surface area contributed by atoms with Crippen LogP contribution < -0.4 is 9.47 Å². The Morgan fingerprint density at radius 1 is 1.24 bits per heavy atom. The Kier molecular flexibility index (Phi) is 4.25. The summed E-state index contributed by atoms with van der Waals surface area (Å²) in [5.41, 5.74) is 1.39. The number of ether oxygens (including phenoxy) is 2. The van der Waals surface area contributed by atoms with Gasteiger partial charge < -0.3 is 14.4 Å². The zero-order chi connectivity index (χ0) is 17.4. The predicted molar refractivity (Wildman–Crippen MR) is 91.6 cm³/mol. The van der Waals surface area contributed by atoms with E-state index in [4.69, 9.17) is 21.1 Å². The van der Waals surface area contributed by atoms with Gasteiger partial charge in [-0.1, -0.05) is 23.7 Å². The number of amides is 1. The maximum atomic E-state index is 13.9. The van der Waals surface area contributed by atoms with Crippen LogP contribution in [0.3, 0.4) is 0 Å². The topological polar surface area (TPSA) is 38.8 Å². The lowest BCUT2D eigenvalue weighted by Gasteiger charge is -2.17. The molecule has 0 radical (unpaired) electrons. The van der Waals surface area contributed by atoms with E-state index in [9.17, 15) is 9.18 Å². The van der Waals surface area contributed by atoms with Gasteiger partial charge in [0.1, 0.15) is 5.82 Å². The lowest BCUT2D eigenvalue weighted by atomic mass is 9.98. The van der Waals surface area contributed by atoms with Gasteiger partial charge in [0, 0.05) is 29.6 Å². The van der Waals surface area contributed by atoms with E-state index >= 15 is 0 Å². The van der Waals surface area contributed by atoms with Crippen molar-refractivity contribution in [3.8, 4) is 11.5 Å². The molecule has 1 amide bonds. The van der Waals surface area contributed by atoms with E-state index in [1.807, 2.05) is 18.2 Å². The zero-order valence-corrected chi connectivity index (χ0v) is 14.3. The van der Waals surface area contributed by atoms with Gasteiger partial charge in [-0.15, -0.1) is 0 Å². The van der Waals surface area contributed by atoms with Crippen molar-refractivity contribution in [2.75, 3.05) is 19.9 Å². The monoisotopic (exact) mass is 361 g/mol. The smallest absolute Gasteiger partial charge is 0.231 e. The molecule has 0 bridgehead atoms. The molecule has 0 saturated carbocycles. The summed E-state index contributed by atoms with van der Waals surface area (Å²) in [5, 5.41) is 0.292. The standard InChI is InChI=1S/C19H17ClFNO3/c20-15-2-1-3-16(21)14(15)9-19(23)22-7-6-13(10-22)12-4-5-17-18(8-12)25-11-24-17/h1-5,8,13H,6-7,9-11H2/t13-/m0/s1. The summed E-state index contributed by atoms with van der Waals surface area (Å²) >= 11 is 6.02. The zero-order valence-electron chi connectivity index (χ0n) is 13.5. The number of carbonyl (C=O) groups is 1. The summed E-state index contributed by atoms with van der Waals surface area (Å²) < 4.78 is 24.6. The molecular formula is C19H17ClFNO3. The van der Waals surface area contributed by atoms with Gasteiger partial charge in [-0.2, -0.15) is 0 Å². The molecule has 1 fully saturated rings. The Morgan fingerprint density at radius 3 is 2.92 bits per heavy atom. The van der Waals surface area contributed by atoms with E-state index in [0.717, 1.165) is 23.5 Å². The Balaban J connectivity index is 1.44. The first-order chi connectivity index (χ1) is 12.1. The lowest BCUT2D eigenvalue weighted by Crippen LogP contribution is -2.30. The van der Waals surface area contributed by atoms with Gasteiger partial charge in [0.15, 0.2) is 11.5 Å². The minimum Gasteiger partial charge on any atom is -0.454 e. The van der Waals surface area contributed by atoms with Crippen LogP contribution in [0, 0.1) is 5.82 Å². The fourth-order valence-electron chi connectivity index (χ4n) is 3.39. The van der Waals surface area contributed by atoms with Gasteiger partial charge in [-0.25, -0.2) is 4.39 Å². The molecule has 0 aromatic heterocycles. The van der Waals surface area contributed by atoms with Crippen molar-refractivity contribution >= 4 is 17.5 Å². The van der Waals surface area contributed by atoms with E-state index in [-0.39, 0.29) is 30.6 Å². The fourth-order valence-corrected chi connectivity index (χ4v) is 3.62. The number of carbonyl (C=O) groups excluding carboxylic acids is 1. The second-order valence-corrected chi connectivity index (χ2v) is 6.72. The van der Waals surface area contributed by atoms with Gasteiger partial charge in [0.2, 0.25) is 12.7 Å².